The normalized spacial score (nSPS) is 30.1. The fraction of sp³-hybridized carbons (Fsp3) is 0.889. The maximum atomic E-state index is 10.7. The van der Waals surface area contributed by atoms with E-state index < -0.39 is 6.09 Å². The van der Waals surface area contributed by atoms with Crippen molar-refractivity contribution in [1.29, 1.82) is 0 Å². The minimum Gasteiger partial charge on any atom is -0.465 e. The van der Waals surface area contributed by atoms with Crippen LogP contribution in [0.25, 0.3) is 0 Å². The Morgan fingerprint density at radius 2 is 2.14 bits per heavy atom. The van der Waals surface area contributed by atoms with E-state index >= 15 is 0 Å². The van der Waals surface area contributed by atoms with E-state index in [9.17, 15) is 4.79 Å². The Kier molecular flexibility index (Phi) is 2.60. The molecule has 0 aromatic heterocycles. The van der Waals surface area contributed by atoms with Crippen LogP contribution in [0, 0.1) is 0 Å². The van der Waals surface area contributed by atoms with Crippen LogP contribution in [0.5, 0.6) is 0 Å². The lowest BCUT2D eigenvalue weighted by Gasteiger charge is -2.45. The van der Waals surface area contributed by atoms with E-state index in [0.717, 1.165) is 19.8 Å². The molecular formula is C9H16N2O3. The predicted molar refractivity (Wildman–Crippen MR) is 50.4 cm³/mol. The van der Waals surface area contributed by atoms with Gasteiger partial charge in [0.15, 0.2) is 0 Å². The Balaban J connectivity index is 1.89. The van der Waals surface area contributed by atoms with E-state index in [0.29, 0.717) is 25.2 Å². The molecular weight excluding hydrogens is 184 g/mol. The van der Waals surface area contributed by atoms with E-state index in [-0.39, 0.29) is 0 Å². The standard InChI is InChI=1S/C9H16N2O3/c1-7-4-10(9(12)13)2-3-11(7)8-5-14-6-8/h7-8H,2-6H2,1H3,(H,12,13)/t7-/m0/s1. The molecule has 0 radical (unpaired) electrons. The zero-order valence-electron chi connectivity index (χ0n) is 8.35. The van der Waals surface area contributed by atoms with Crippen molar-refractivity contribution >= 4 is 6.09 Å². The molecule has 1 N–H and O–H groups in total. The summed E-state index contributed by atoms with van der Waals surface area (Å²) in [5.41, 5.74) is 0. The molecule has 80 valence electrons. The quantitative estimate of drug-likeness (QED) is 0.650. The number of rotatable bonds is 1. The molecule has 2 aliphatic rings. The molecule has 1 atom stereocenters. The summed E-state index contributed by atoms with van der Waals surface area (Å²) in [6, 6.07) is 0.828. The minimum absolute atomic E-state index is 0.314. The minimum atomic E-state index is -0.804. The zero-order valence-corrected chi connectivity index (χ0v) is 8.35. The Labute approximate surface area is 83.2 Å². The van der Waals surface area contributed by atoms with Gasteiger partial charge in [-0.2, -0.15) is 0 Å². The van der Waals surface area contributed by atoms with Gasteiger partial charge in [0, 0.05) is 25.7 Å². The first-order valence-corrected chi connectivity index (χ1v) is 5.00. The van der Waals surface area contributed by atoms with Gasteiger partial charge in [0.25, 0.3) is 0 Å². The zero-order chi connectivity index (χ0) is 10.1. The van der Waals surface area contributed by atoms with Crippen molar-refractivity contribution in [3.8, 4) is 0 Å². The first-order valence-electron chi connectivity index (χ1n) is 5.00. The highest BCUT2D eigenvalue weighted by Crippen LogP contribution is 2.18. The van der Waals surface area contributed by atoms with Crippen LogP contribution in [0.1, 0.15) is 6.92 Å². The average molecular weight is 200 g/mol. The molecule has 0 aliphatic carbocycles. The number of hydrogen-bond donors (Lipinski definition) is 1. The van der Waals surface area contributed by atoms with Crippen molar-refractivity contribution in [3.05, 3.63) is 0 Å². The third-order valence-corrected chi connectivity index (χ3v) is 3.04. The number of piperazine rings is 1. The molecule has 14 heavy (non-hydrogen) atoms. The summed E-state index contributed by atoms with van der Waals surface area (Å²) < 4.78 is 5.14. The SMILES string of the molecule is C[C@H]1CN(C(=O)O)CCN1C1COC1. The van der Waals surface area contributed by atoms with Crippen LogP contribution in [0.4, 0.5) is 4.79 Å². The van der Waals surface area contributed by atoms with Crippen molar-refractivity contribution in [2.24, 2.45) is 0 Å². The van der Waals surface area contributed by atoms with Crippen molar-refractivity contribution in [2.45, 2.75) is 19.0 Å². The van der Waals surface area contributed by atoms with Crippen molar-refractivity contribution in [1.82, 2.24) is 9.80 Å². The Morgan fingerprint density at radius 3 is 2.57 bits per heavy atom. The van der Waals surface area contributed by atoms with Gasteiger partial charge in [0.2, 0.25) is 0 Å². The number of ether oxygens (including phenoxy) is 1. The van der Waals surface area contributed by atoms with Crippen molar-refractivity contribution < 1.29 is 14.6 Å². The van der Waals surface area contributed by atoms with Crippen LogP contribution >= 0.6 is 0 Å². The summed E-state index contributed by atoms with van der Waals surface area (Å²) >= 11 is 0. The Hall–Kier alpha value is -0.810. The Bertz CT molecular complexity index is 230. The van der Waals surface area contributed by atoms with Gasteiger partial charge >= 0.3 is 6.09 Å². The average Bonchev–Trinajstić information content (AvgIpc) is 2.04. The molecule has 0 spiro atoms. The first kappa shape index (κ1) is 9.73. The van der Waals surface area contributed by atoms with Gasteiger partial charge in [-0.3, -0.25) is 4.90 Å². The molecule has 2 saturated heterocycles. The topological polar surface area (TPSA) is 53.0 Å². The third-order valence-electron chi connectivity index (χ3n) is 3.04. The molecule has 0 aromatic carbocycles. The highest BCUT2D eigenvalue weighted by Gasteiger charge is 2.34. The Morgan fingerprint density at radius 1 is 1.43 bits per heavy atom. The number of hydrogen-bond acceptors (Lipinski definition) is 3. The summed E-state index contributed by atoms with van der Waals surface area (Å²) in [6.07, 6.45) is -0.804. The molecule has 0 saturated carbocycles. The molecule has 0 bridgehead atoms. The van der Waals surface area contributed by atoms with Gasteiger partial charge in [-0.1, -0.05) is 0 Å². The van der Waals surface area contributed by atoms with E-state index in [1.807, 2.05) is 0 Å². The lowest BCUT2D eigenvalue weighted by Crippen LogP contribution is -2.61. The molecule has 0 aromatic rings. The second-order valence-electron chi connectivity index (χ2n) is 4.01. The summed E-state index contributed by atoms with van der Waals surface area (Å²) in [5.74, 6) is 0. The lowest BCUT2D eigenvalue weighted by atomic mass is 10.1. The molecule has 0 unspecified atom stereocenters. The smallest absolute Gasteiger partial charge is 0.407 e. The maximum absolute atomic E-state index is 10.7. The summed E-state index contributed by atoms with van der Waals surface area (Å²) in [7, 11) is 0. The van der Waals surface area contributed by atoms with Gasteiger partial charge in [-0.25, -0.2) is 4.79 Å². The van der Waals surface area contributed by atoms with Crippen LogP contribution in [0.2, 0.25) is 0 Å². The fourth-order valence-electron chi connectivity index (χ4n) is 2.10. The van der Waals surface area contributed by atoms with Crippen LogP contribution in [0.15, 0.2) is 0 Å². The van der Waals surface area contributed by atoms with Crippen molar-refractivity contribution in [2.75, 3.05) is 32.8 Å². The molecule has 1 amide bonds. The fourth-order valence-corrected chi connectivity index (χ4v) is 2.10. The molecule has 2 fully saturated rings. The van der Waals surface area contributed by atoms with Crippen molar-refractivity contribution in [3.63, 3.8) is 0 Å². The van der Waals surface area contributed by atoms with Crippen LogP contribution in [0.3, 0.4) is 0 Å². The monoisotopic (exact) mass is 200 g/mol. The van der Waals surface area contributed by atoms with Crippen LogP contribution in [-0.4, -0.2) is 65.9 Å². The molecule has 2 aliphatic heterocycles. The number of amides is 1. The van der Waals surface area contributed by atoms with Gasteiger partial charge in [0.1, 0.15) is 0 Å². The molecule has 5 nitrogen and oxygen atoms in total. The van der Waals surface area contributed by atoms with Gasteiger partial charge in [-0.05, 0) is 6.92 Å². The molecule has 5 heteroatoms. The van der Waals surface area contributed by atoms with E-state index in [2.05, 4.69) is 11.8 Å². The summed E-state index contributed by atoms with van der Waals surface area (Å²) in [6.45, 7) is 5.76. The van der Waals surface area contributed by atoms with Crippen LogP contribution in [-0.2, 0) is 4.74 Å². The highest BCUT2D eigenvalue weighted by molar-refractivity contribution is 5.65. The molecule has 2 rings (SSSR count). The number of carbonyl (C=O) groups is 1. The largest absolute Gasteiger partial charge is 0.465 e. The second kappa shape index (κ2) is 3.74. The van der Waals surface area contributed by atoms with Gasteiger partial charge in [0.05, 0.1) is 19.3 Å². The van der Waals surface area contributed by atoms with Gasteiger partial charge < -0.3 is 14.7 Å². The molecule has 2 heterocycles. The van der Waals surface area contributed by atoms with E-state index in [1.165, 1.54) is 4.90 Å². The highest BCUT2D eigenvalue weighted by atomic mass is 16.5. The number of nitrogens with zero attached hydrogens (tertiary/aromatic N) is 2. The summed E-state index contributed by atoms with van der Waals surface area (Å²) in [4.78, 5) is 14.6. The predicted octanol–water partition coefficient (Wildman–Crippen LogP) is 0.0693. The van der Waals surface area contributed by atoms with E-state index in [1.54, 1.807) is 0 Å². The van der Waals surface area contributed by atoms with E-state index in [4.69, 9.17) is 9.84 Å². The number of carboxylic acid groups (broad SMARTS) is 1. The second-order valence-corrected chi connectivity index (χ2v) is 4.01. The van der Waals surface area contributed by atoms with Gasteiger partial charge in [-0.15, -0.1) is 0 Å². The summed E-state index contributed by atoms with van der Waals surface area (Å²) in [5, 5.41) is 8.83. The first-order chi connectivity index (χ1) is 6.68. The maximum Gasteiger partial charge on any atom is 0.407 e. The van der Waals surface area contributed by atoms with Crippen LogP contribution < -0.4 is 0 Å². The lowest BCUT2D eigenvalue weighted by molar-refractivity contribution is -0.0908. The third kappa shape index (κ3) is 1.69.